The number of carboxylic acids is 1. The number of aryl methyl sites for hydroxylation is 1. The van der Waals surface area contributed by atoms with E-state index in [1.807, 2.05) is 13.0 Å². The fourth-order valence-corrected chi connectivity index (χ4v) is 2.48. The molecule has 1 rings (SSSR count). The molecule has 0 aliphatic rings. The second kappa shape index (κ2) is 7.36. The third-order valence-electron chi connectivity index (χ3n) is 3.14. The van der Waals surface area contributed by atoms with E-state index < -0.39 is 12.0 Å². The van der Waals surface area contributed by atoms with Gasteiger partial charge in [-0.1, -0.05) is 18.5 Å². The number of nitrogens with two attached hydrogens (primary N) is 1. The number of benzene rings is 1. The summed E-state index contributed by atoms with van der Waals surface area (Å²) in [6, 6.07) is 1.29. The molecule has 20 heavy (non-hydrogen) atoms. The molecule has 0 bridgehead atoms. The van der Waals surface area contributed by atoms with Crippen LogP contribution in [0.15, 0.2) is 6.07 Å². The van der Waals surface area contributed by atoms with E-state index in [1.54, 1.807) is 0 Å². The van der Waals surface area contributed by atoms with Gasteiger partial charge in [-0.2, -0.15) is 0 Å². The van der Waals surface area contributed by atoms with E-state index >= 15 is 0 Å². The quantitative estimate of drug-likeness (QED) is 0.809. The zero-order chi connectivity index (χ0) is 15.3. The maximum absolute atomic E-state index is 10.7. The molecular weight excluding hydrogens is 282 g/mol. The van der Waals surface area contributed by atoms with Crippen LogP contribution >= 0.6 is 11.6 Å². The number of rotatable bonds is 7. The predicted molar refractivity (Wildman–Crippen MR) is 77.7 cm³/mol. The third-order valence-corrected chi connectivity index (χ3v) is 3.58. The van der Waals surface area contributed by atoms with E-state index in [0.717, 1.165) is 12.0 Å². The lowest BCUT2D eigenvalue weighted by atomic mass is 9.97. The first kappa shape index (κ1) is 16.6. The van der Waals surface area contributed by atoms with Gasteiger partial charge >= 0.3 is 5.97 Å². The van der Waals surface area contributed by atoms with Crippen molar-refractivity contribution in [3.05, 3.63) is 22.2 Å². The maximum Gasteiger partial charge on any atom is 0.303 e. The van der Waals surface area contributed by atoms with Crippen molar-refractivity contribution in [2.45, 2.75) is 32.2 Å². The molecule has 6 heteroatoms. The van der Waals surface area contributed by atoms with E-state index in [9.17, 15) is 4.79 Å². The number of hydrogen-bond donors (Lipinski definition) is 2. The fourth-order valence-electron chi connectivity index (χ4n) is 2.07. The summed E-state index contributed by atoms with van der Waals surface area (Å²) in [6.45, 7) is 1.97. The number of carboxylic acid groups (broad SMARTS) is 1. The van der Waals surface area contributed by atoms with Gasteiger partial charge in [-0.3, -0.25) is 4.79 Å². The van der Waals surface area contributed by atoms with Gasteiger partial charge in [-0.15, -0.1) is 0 Å². The fraction of sp³-hybridized carbons (Fsp3) is 0.500. The Kier molecular flexibility index (Phi) is 6.10. The number of ether oxygens (including phenoxy) is 2. The summed E-state index contributed by atoms with van der Waals surface area (Å²) in [5, 5.41) is 9.28. The number of carbonyl (C=O) groups is 1. The number of halogens is 1. The van der Waals surface area contributed by atoms with Crippen LogP contribution in [0.4, 0.5) is 0 Å². The van der Waals surface area contributed by atoms with Gasteiger partial charge in [-0.05, 0) is 24.5 Å². The molecule has 0 aromatic heterocycles. The first-order chi connectivity index (χ1) is 9.46. The van der Waals surface area contributed by atoms with Gasteiger partial charge < -0.3 is 20.3 Å². The van der Waals surface area contributed by atoms with Crippen molar-refractivity contribution < 1.29 is 19.4 Å². The second-order valence-electron chi connectivity index (χ2n) is 4.39. The molecule has 5 nitrogen and oxygen atoms in total. The Morgan fingerprint density at radius 3 is 2.55 bits per heavy atom. The van der Waals surface area contributed by atoms with E-state index in [2.05, 4.69) is 0 Å². The molecular formula is C14H20ClNO4. The predicted octanol–water partition coefficient (Wildman–Crippen LogP) is 2.78. The van der Waals surface area contributed by atoms with Crippen molar-refractivity contribution in [1.82, 2.24) is 0 Å². The van der Waals surface area contributed by atoms with Crippen LogP contribution in [0, 0.1) is 0 Å². The highest BCUT2D eigenvalue weighted by Crippen LogP contribution is 2.42. The Morgan fingerprint density at radius 2 is 2.10 bits per heavy atom. The minimum absolute atomic E-state index is 0.0285. The minimum atomic E-state index is -0.894. The van der Waals surface area contributed by atoms with Crippen molar-refractivity contribution in [3.63, 3.8) is 0 Å². The van der Waals surface area contributed by atoms with Crippen LogP contribution in [0.3, 0.4) is 0 Å². The average Bonchev–Trinajstić information content (AvgIpc) is 2.43. The molecule has 1 atom stereocenters. The maximum atomic E-state index is 10.7. The third kappa shape index (κ3) is 3.55. The molecule has 3 N–H and O–H groups in total. The van der Waals surface area contributed by atoms with Crippen LogP contribution in [0.1, 0.15) is 36.9 Å². The zero-order valence-corrected chi connectivity index (χ0v) is 12.7. The summed E-state index contributed by atoms with van der Waals surface area (Å²) in [6.07, 6.45) is 0.971. The molecule has 1 unspecified atom stereocenters. The summed E-state index contributed by atoms with van der Waals surface area (Å²) >= 11 is 6.37. The molecule has 0 spiro atoms. The van der Waals surface area contributed by atoms with Gasteiger partial charge in [0.2, 0.25) is 0 Å². The van der Waals surface area contributed by atoms with Crippen molar-refractivity contribution in [2.24, 2.45) is 5.73 Å². The van der Waals surface area contributed by atoms with Crippen LogP contribution in [0.5, 0.6) is 11.5 Å². The normalized spacial score (nSPS) is 12.1. The Balaban J connectivity index is 3.29. The van der Waals surface area contributed by atoms with Gasteiger partial charge in [-0.25, -0.2) is 0 Å². The van der Waals surface area contributed by atoms with Crippen molar-refractivity contribution in [3.8, 4) is 11.5 Å². The number of methoxy groups -OCH3 is 2. The highest BCUT2D eigenvalue weighted by molar-refractivity contribution is 6.32. The van der Waals surface area contributed by atoms with E-state index in [0.29, 0.717) is 22.1 Å². The summed E-state index contributed by atoms with van der Waals surface area (Å²) in [4.78, 5) is 10.7. The lowest BCUT2D eigenvalue weighted by molar-refractivity contribution is -0.137. The number of hydrogen-bond acceptors (Lipinski definition) is 4. The highest BCUT2D eigenvalue weighted by atomic mass is 35.5. The molecule has 0 saturated carbocycles. The summed E-state index contributed by atoms with van der Waals surface area (Å²) in [5.74, 6) is 0.122. The molecule has 112 valence electrons. The molecule has 1 aromatic carbocycles. The Labute approximate surface area is 123 Å². The Morgan fingerprint density at radius 1 is 1.45 bits per heavy atom. The SMILES string of the molecule is CCc1cc(OC)c(OC)c(C(N)CCC(=O)O)c1Cl. The smallest absolute Gasteiger partial charge is 0.303 e. The highest BCUT2D eigenvalue weighted by Gasteiger charge is 2.23. The monoisotopic (exact) mass is 301 g/mol. The molecule has 0 amide bonds. The van der Waals surface area contributed by atoms with Gasteiger partial charge in [0.05, 0.1) is 19.2 Å². The van der Waals surface area contributed by atoms with Crippen LogP contribution in [0.25, 0.3) is 0 Å². The number of aliphatic carboxylic acids is 1. The standard InChI is InChI=1S/C14H20ClNO4/c1-4-8-7-10(19-2)14(20-3)12(13(8)15)9(16)5-6-11(17)18/h7,9H,4-6,16H2,1-3H3,(H,17,18). The van der Waals surface area contributed by atoms with Crippen LogP contribution in [0.2, 0.25) is 5.02 Å². The van der Waals surface area contributed by atoms with Crippen molar-refractivity contribution in [2.75, 3.05) is 14.2 Å². The van der Waals surface area contributed by atoms with Crippen LogP contribution in [-0.2, 0) is 11.2 Å². The zero-order valence-electron chi connectivity index (χ0n) is 11.9. The van der Waals surface area contributed by atoms with Crippen molar-refractivity contribution in [1.29, 1.82) is 0 Å². The molecule has 0 heterocycles. The first-order valence-electron chi connectivity index (χ1n) is 6.36. The molecule has 1 aromatic rings. The molecule has 0 saturated heterocycles. The van der Waals surface area contributed by atoms with Gasteiger partial charge in [0.25, 0.3) is 0 Å². The summed E-state index contributed by atoms with van der Waals surface area (Å²) in [7, 11) is 3.05. The lowest BCUT2D eigenvalue weighted by Crippen LogP contribution is -2.15. The molecule has 0 aliphatic carbocycles. The molecule has 0 aliphatic heterocycles. The van der Waals surface area contributed by atoms with E-state index in [4.69, 9.17) is 31.9 Å². The van der Waals surface area contributed by atoms with Gasteiger partial charge in [0.1, 0.15) is 0 Å². The second-order valence-corrected chi connectivity index (χ2v) is 4.77. The van der Waals surface area contributed by atoms with Crippen LogP contribution in [-0.4, -0.2) is 25.3 Å². The van der Waals surface area contributed by atoms with Gasteiger partial charge in [0.15, 0.2) is 11.5 Å². The summed E-state index contributed by atoms with van der Waals surface area (Å²) < 4.78 is 10.6. The largest absolute Gasteiger partial charge is 0.493 e. The average molecular weight is 302 g/mol. The molecule has 0 fully saturated rings. The van der Waals surface area contributed by atoms with E-state index in [-0.39, 0.29) is 12.8 Å². The Hall–Kier alpha value is -1.46. The van der Waals surface area contributed by atoms with E-state index in [1.165, 1.54) is 14.2 Å². The van der Waals surface area contributed by atoms with Gasteiger partial charge in [0, 0.05) is 18.0 Å². The lowest BCUT2D eigenvalue weighted by Gasteiger charge is -2.21. The molecule has 0 radical (unpaired) electrons. The van der Waals surface area contributed by atoms with Crippen LogP contribution < -0.4 is 15.2 Å². The van der Waals surface area contributed by atoms with Crippen molar-refractivity contribution >= 4 is 17.6 Å². The first-order valence-corrected chi connectivity index (χ1v) is 6.74. The summed E-state index contributed by atoms with van der Waals surface area (Å²) in [5.41, 5.74) is 7.58. The topological polar surface area (TPSA) is 81.8 Å². The Bertz CT molecular complexity index is 491. The minimum Gasteiger partial charge on any atom is -0.493 e.